The van der Waals surface area contributed by atoms with Gasteiger partial charge in [0.15, 0.2) is 6.61 Å². The molecular weight excluding hydrogens is 314 g/mol. The summed E-state index contributed by atoms with van der Waals surface area (Å²) in [5.74, 6) is -0.0924. The molecule has 4 nitrogen and oxygen atoms in total. The summed E-state index contributed by atoms with van der Waals surface area (Å²) in [7, 11) is 0. The summed E-state index contributed by atoms with van der Waals surface area (Å²) in [6.07, 6.45) is 5.02. The van der Waals surface area contributed by atoms with Gasteiger partial charge in [0.05, 0.1) is 6.04 Å². The smallest absolute Gasteiger partial charge is 0.306 e. The first kappa shape index (κ1) is 17.5. The third kappa shape index (κ3) is 4.59. The van der Waals surface area contributed by atoms with E-state index in [1.807, 2.05) is 31.2 Å². The van der Waals surface area contributed by atoms with Crippen LogP contribution in [0.15, 0.2) is 42.5 Å². The van der Waals surface area contributed by atoms with Crippen molar-refractivity contribution in [3.05, 3.63) is 48.0 Å². The minimum Gasteiger partial charge on any atom is -0.456 e. The SMILES string of the molecule is C[C@H](NC(=O)COC(=O)CC1CCCC1)c1cccc2ccccc12. The molecule has 1 aliphatic rings. The van der Waals surface area contributed by atoms with Crippen LogP contribution in [0.3, 0.4) is 0 Å². The number of nitrogens with one attached hydrogen (secondary N) is 1. The first-order valence-electron chi connectivity index (χ1n) is 9.06. The zero-order valence-corrected chi connectivity index (χ0v) is 14.7. The summed E-state index contributed by atoms with van der Waals surface area (Å²) in [5, 5.41) is 5.19. The van der Waals surface area contributed by atoms with Crippen molar-refractivity contribution in [2.24, 2.45) is 5.92 Å². The second-order valence-electron chi connectivity index (χ2n) is 6.87. The number of amides is 1. The van der Waals surface area contributed by atoms with Crippen LogP contribution in [0.1, 0.15) is 50.6 Å². The van der Waals surface area contributed by atoms with E-state index in [2.05, 4.69) is 23.5 Å². The molecule has 0 spiro atoms. The predicted octanol–water partition coefficient (Wildman–Crippen LogP) is 4.14. The summed E-state index contributed by atoms with van der Waals surface area (Å²) >= 11 is 0. The standard InChI is InChI=1S/C21H25NO3/c1-15(18-12-6-10-17-9-4-5-11-19(17)18)22-20(23)14-25-21(24)13-16-7-2-3-8-16/h4-6,9-12,15-16H,2-3,7-8,13-14H2,1H3,(H,22,23)/t15-/m0/s1. The number of rotatable bonds is 6. The number of esters is 1. The number of carbonyl (C=O) groups is 2. The minimum absolute atomic E-state index is 0.146. The first-order valence-corrected chi connectivity index (χ1v) is 9.06. The normalized spacial score (nSPS) is 15.9. The number of hydrogen-bond acceptors (Lipinski definition) is 3. The lowest BCUT2D eigenvalue weighted by atomic mass is 10.00. The van der Waals surface area contributed by atoms with E-state index in [1.165, 1.54) is 12.8 Å². The van der Waals surface area contributed by atoms with Crippen LogP contribution in [0.25, 0.3) is 10.8 Å². The largest absolute Gasteiger partial charge is 0.456 e. The van der Waals surface area contributed by atoms with Crippen LogP contribution >= 0.6 is 0 Å². The van der Waals surface area contributed by atoms with Crippen molar-refractivity contribution in [3.63, 3.8) is 0 Å². The van der Waals surface area contributed by atoms with E-state index in [-0.39, 0.29) is 24.5 Å². The van der Waals surface area contributed by atoms with Crippen molar-refractivity contribution in [2.75, 3.05) is 6.61 Å². The van der Waals surface area contributed by atoms with Crippen molar-refractivity contribution >= 4 is 22.6 Å². The molecule has 0 saturated heterocycles. The average molecular weight is 339 g/mol. The number of hydrogen-bond donors (Lipinski definition) is 1. The van der Waals surface area contributed by atoms with Crippen LogP contribution < -0.4 is 5.32 Å². The van der Waals surface area contributed by atoms with Crippen molar-refractivity contribution < 1.29 is 14.3 Å². The summed E-state index contributed by atoms with van der Waals surface area (Å²) in [4.78, 5) is 23.9. The van der Waals surface area contributed by atoms with Crippen LogP contribution in [0.2, 0.25) is 0 Å². The second-order valence-corrected chi connectivity index (χ2v) is 6.87. The molecule has 1 atom stereocenters. The maximum absolute atomic E-state index is 12.1. The Morgan fingerprint density at radius 1 is 1.12 bits per heavy atom. The van der Waals surface area contributed by atoms with Crippen LogP contribution in [-0.2, 0) is 14.3 Å². The van der Waals surface area contributed by atoms with E-state index in [0.29, 0.717) is 12.3 Å². The molecule has 25 heavy (non-hydrogen) atoms. The van der Waals surface area contributed by atoms with Crippen LogP contribution in [0, 0.1) is 5.92 Å². The molecular formula is C21H25NO3. The molecule has 2 aromatic rings. The highest BCUT2D eigenvalue weighted by Crippen LogP contribution is 2.27. The van der Waals surface area contributed by atoms with Crippen LogP contribution in [-0.4, -0.2) is 18.5 Å². The highest BCUT2D eigenvalue weighted by molar-refractivity contribution is 5.87. The zero-order chi connectivity index (χ0) is 17.6. The Morgan fingerprint density at radius 2 is 1.84 bits per heavy atom. The van der Waals surface area contributed by atoms with Crippen molar-refractivity contribution in [1.29, 1.82) is 0 Å². The summed E-state index contributed by atoms with van der Waals surface area (Å²) in [6, 6.07) is 14.0. The van der Waals surface area contributed by atoms with Crippen LogP contribution in [0.5, 0.6) is 0 Å². The van der Waals surface area contributed by atoms with Gasteiger partial charge in [-0.1, -0.05) is 55.3 Å². The van der Waals surface area contributed by atoms with Gasteiger partial charge < -0.3 is 10.1 Å². The maximum Gasteiger partial charge on any atom is 0.306 e. The molecule has 1 aliphatic carbocycles. The fraction of sp³-hybridized carbons (Fsp3) is 0.429. The fourth-order valence-corrected chi connectivity index (χ4v) is 3.64. The topological polar surface area (TPSA) is 55.4 Å². The molecule has 1 saturated carbocycles. The minimum atomic E-state index is -0.264. The number of benzene rings is 2. The van der Waals surface area contributed by atoms with Gasteiger partial charge in [-0.05, 0) is 42.0 Å². The summed E-state index contributed by atoms with van der Waals surface area (Å²) in [6.45, 7) is 1.74. The molecule has 1 amide bonds. The lowest BCUT2D eigenvalue weighted by Crippen LogP contribution is -2.31. The Hall–Kier alpha value is -2.36. The van der Waals surface area contributed by atoms with E-state index in [4.69, 9.17) is 4.74 Å². The third-order valence-electron chi connectivity index (χ3n) is 4.96. The third-order valence-corrected chi connectivity index (χ3v) is 4.96. The molecule has 0 unspecified atom stereocenters. The van der Waals surface area contributed by atoms with Gasteiger partial charge in [-0.2, -0.15) is 0 Å². The number of fused-ring (bicyclic) bond motifs is 1. The van der Waals surface area contributed by atoms with Gasteiger partial charge >= 0.3 is 5.97 Å². The molecule has 0 aliphatic heterocycles. The van der Waals surface area contributed by atoms with Gasteiger partial charge in [0.2, 0.25) is 0 Å². The lowest BCUT2D eigenvalue weighted by molar-refractivity contribution is -0.149. The van der Waals surface area contributed by atoms with Crippen molar-refractivity contribution in [3.8, 4) is 0 Å². The van der Waals surface area contributed by atoms with E-state index >= 15 is 0 Å². The molecule has 1 fully saturated rings. The lowest BCUT2D eigenvalue weighted by Gasteiger charge is -2.17. The summed E-state index contributed by atoms with van der Waals surface area (Å²) < 4.78 is 5.14. The first-order chi connectivity index (χ1) is 12.1. The molecule has 1 N–H and O–H groups in total. The van der Waals surface area contributed by atoms with E-state index < -0.39 is 0 Å². The van der Waals surface area contributed by atoms with Gasteiger partial charge in [-0.3, -0.25) is 9.59 Å². The molecule has 2 aromatic carbocycles. The van der Waals surface area contributed by atoms with Crippen molar-refractivity contribution in [2.45, 2.75) is 45.1 Å². The van der Waals surface area contributed by atoms with E-state index in [0.717, 1.165) is 29.2 Å². The zero-order valence-electron chi connectivity index (χ0n) is 14.7. The highest BCUT2D eigenvalue weighted by atomic mass is 16.5. The molecule has 0 heterocycles. The Morgan fingerprint density at radius 3 is 2.64 bits per heavy atom. The van der Waals surface area contributed by atoms with Gasteiger partial charge in [0, 0.05) is 6.42 Å². The van der Waals surface area contributed by atoms with E-state index in [1.54, 1.807) is 0 Å². The maximum atomic E-state index is 12.1. The Bertz CT molecular complexity index is 744. The van der Waals surface area contributed by atoms with Crippen molar-refractivity contribution in [1.82, 2.24) is 5.32 Å². The predicted molar refractivity (Wildman–Crippen MR) is 98.0 cm³/mol. The average Bonchev–Trinajstić information content (AvgIpc) is 3.12. The second kappa shape index (κ2) is 8.15. The molecule has 0 aromatic heterocycles. The molecule has 0 bridgehead atoms. The van der Waals surface area contributed by atoms with Gasteiger partial charge in [-0.15, -0.1) is 0 Å². The Kier molecular flexibility index (Phi) is 5.69. The monoisotopic (exact) mass is 339 g/mol. The fourth-order valence-electron chi connectivity index (χ4n) is 3.64. The van der Waals surface area contributed by atoms with Gasteiger partial charge in [0.25, 0.3) is 5.91 Å². The molecule has 4 heteroatoms. The van der Waals surface area contributed by atoms with Gasteiger partial charge in [-0.25, -0.2) is 0 Å². The quantitative estimate of drug-likeness (QED) is 0.805. The van der Waals surface area contributed by atoms with E-state index in [9.17, 15) is 9.59 Å². The Labute approximate surface area is 148 Å². The Balaban J connectivity index is 1.52. The highest BCUT2D eigenvalue weighted by Gasteiger charge is 2.20. The molecule has 132 valence electrons. The number of ether oxygens (including phenoxy) is 1. The van der Waals surface area contributed by atoms with Gasteiger partial charge in [0.1, 0.15) is 0 Å². The molecule has 0 radical (unpaired) electrons. The number of carbonyl (C=O) groups excluding carboxylic acids is 2. The molecule has 3 rings (SSSR count). The summed E-state index contributed by atoms with van der Waals surface area (Å²) in [5.41, 5.74) is 1.06. The van der Waals surface area contributed by atoms with Crippen LogP contribution in [0.4, 0.5) is 0 Å².